The molecule has 2 N–H and O–H groups in total. The molecule has 4 heteroatoms. The average Bonchev–Trinajstić information content (AvgIpc) is 1.82. The van der Waals surface area contributed by atoms with Crippen LogP contribution in [0.2, 0.25) is 0 Å². The summed E-state index contributed by atoms with van der Waals surface area (Å²) in [6.07, 6.45) is 0. The normalized spacial score (nSPS) is 10.9. The highest BCUT2D eigenvalue weighted by Crippen LogP contribution is 2.09. The standard InChI is InChI=1S/C7H14N2O2/c1-7(2,3)9(4)6(11)5(8)10/h1-4H3,(H2,8,10). The fraction of sp³-hybridized carbons (Fsp3) is 0.714. The highest BCUT2D eigenvalue weighted by Gasteiger charge is 2.25. The van der Waals surface area contributed by atoms with E-state index in [9.17, 15) is 9.59 Å². The number of hydrogen-bond acceptors (Lipinski definition) is 2. The molecule has 0 aromatic heterocycles. The predicted molar refractivity (Wildman–Crippen MR) is 41.7 cm³/mol. The number of carbonyl (C=O) groups excluding carboxylic acids is 2. The van der Waals surface area contributed by atoms with E-state index in [4.69, 9.17) is 5.73 Å². The molecule has 0 saturated heterocycles. The smallest absolute Gasteiger partial charge is 0.311 e. The van der Waals surface area contributed by atoms with Gasteiger partial charge in [-0.25, -0.2) is 0 Å². The van der Waals surface area contributed by atoms with Gasteiger partial charge in [0.1, 0.15) is 0 Å². The van der Waals surface area contributed by atoms with Crippen molar-refractivity contribution < 1.29 is 9.59 Å². The molecular weight excluding hydrogens is 144 g/mol. The lowest BCUT2D eigenvalue weighted by atomic mass is 10.1. The minimum absolute atomic E-state index is 0.355. The summed E-state index contributed by atoms with van der Waals surface area (Å²) in [6, 6.07) is 0. The lowest BCUT2D eigenvalue weighted by Gasteiger charge is -2.30. The first-order chi connectivity index (χ1) is 4.76. The van der Waals surface area contributed by atoms with Gasteiger partial charge >= 0.3 is 11.8 Å². The molecule has 0 rings (SSSR count). The van der Waals surface area contributed by atoms with Gasteiger partial charge in [-0.2, -0.15) is 0 Å². The molecule has 0 aliphatic heterocycles. The minimum Gasteiger partial charge on any atom is -0.361 e. The van der Waals surface area contributed by atoms with E-state index in [1.54, 1.807) is 7.05 Å². The third-order valence-electron chi connectivity index (χ3n) is 1.52. The Labute approximate surface area is 66.4 Å². The second-order valence-corrected chi connectivity index (χ2v) is 3.40. The lowest BCUT2D eigenvalue weighted by molar-refractivity contribution is -0.146. The van der Waals surface area contributed by atoms with Gasteiger partial charge in [0, 0.05) is 12.6 Å². The van der Waals surface area contributed by atoms with Crippen LogP contribution in [0.15, 0.2) is 0 Å². The quantitative estimate of drug-likeness (QED) is 0.493. The summed E-state index contributed by atoms with van der Waals surface area (Å²) in [6.45, 7) is 5.48. The summed E-state index contributed by atoms with van der Waals surface area (Å²) in [5, 5.41) is 0. The SMILES string of the molecule is CN(C(=O)C(N)=O)C(C)(C)C. The van der Waals surface area contributed by atoms with Crippen molar-refractivity contribution in [2.45, 2.75) is 26.3 Å². The maximum atomic E-state index is 10.9. The van der Waals surface area contributed by atoms with Crippen molar-refractivity contribution in [2.75, 3.05) is 7.05 Å². The van der Waals surface area contributed by atoms with Gasteiger partial charge in [-0.15, -0.1) is 0 Å². The lowest BCUT2D eigenvalue weighted by Crippen LogP contribution is -2.47. The summed E-state index contributed by atoms with van der Waals surface area (Å²) in [5.41, 5.74) is 4.45. The largest absolute Gasteiger partial charge is 0.361 e. The van der Waals surface area contributed by atoms with E-state index < -0.39 is 11.8 Å². The van der Waals surface area contributed by atoms with Crippen LogP contribution in [-0.4, -0.2) is 29.3 Å². The molecule has 0 aliphatic rings. The molecule has 0 radical (unpaired) electrons. The van der Waals surface area contributed by atoms with E-state index in [-0.39, 0.29) is 5.54 Å². The second-order valence-electron chi connectivity index (χ2n) is 3.40. The van der Waals surface area contributed by atoms with Gasteiger partial charge in [-0.1, -0.05) is 0 Å². The van der Waals surface area contributed by atoms with Gasteiger partial charge in [0.25, 0.3) is 0 Å². The average molecular weight is 158 g/mol. The third-order valence-corrected chi connectivity index (χ3v) is 1.52. The fourth-order valence-electron chi connectivity index (χ4n) is 0.470. The number of carbonyl (C=O) groups is 2. The maximum Gasteiger partial charge on any atom is 0.311 e. The molecule has 0 aromatic carbocycles. The number of rotatable bonds is 0. The third kappa shape index (κ3) is 2.57. The monoisotopic (exact) mass is 158 g/mol. The van der Waals surface area contributed by atoms with Crippen LogP contribution in [-0.2, 0) is 9.59 Å². The number of nitrogens with two attached hydrogens (primary N) is 1. The van der Waals surface area contributed by atoms with Crippen LogP contribution >= 0.6 is 0 Å². The van der Waals surface area contributed by atoms with Gasteiger partial charge in [0.2, 0.25) is 0 Å². The van der Waals surface area contributed by atoms with Gasteiger partial charge in [-0.05, 0) is 20.8 Å². The molecule has 4 nitrogen and oxygen atoms in total. The van der Waals surface area contributed by atoms with Crippen LogP contribution in [0, 0.1) is 0 Å². The zero-order chi connectivity index (χ0) is 9.23. The molecule has 0 heterocycles. The first-order valence-electron chi connectivity index (χ1n) is 3.34. The zero-order valence-electron chi connectivity index (χ0n) is 7.34. The first kappa shape index (κ1) is 9.94. The van der Waals surface area contributed by atoms with Crippen LogP contribution in [0.4, 0.5) is 0 Å². The van der Waals surface area contributed by atoms with Crippen LogP contribution in [0.1, 0.15) is 20.8 Å². The Hall–Kier alpha value is -1.06. The maximum absolute atomic E-state index is 10.9. The van der Waals surface area contributed by atoms with Gasteiger partial charge in [0.05, 0.1) is 0 Å². The Morgan fingerprint density at radius 2 is 1.64 bits per heavy atom. The Morgan fingerprint density at radius 1 is 1.27 bits per heavy atom. The zero-order valence-corrected chi connectivity index (χ0v) is 7.34. The van der Waals surface area contributed by atoms with Crippen LogP contribution in [0.3, 0.4) is 0 Å². The summed E-state index contributed by atoms with van der Waals surface area (Å²) >= 11 is 0. The van der Waals surface area contributed by atoms with Gasteiger partial charge in [-0.3, -0.25) is 9.59 Å². The molecule has 64 valence electrons. The van der Waals surface area contributed by atoms with Crippen molar-refractivity contribution in [3.05, 3.63) is 0 Å². The van der Waals surface area contributed by atoms with Crippen molar-refractivity contribution in [3.63, 3.8) is 0 Å². The van der Waals surface area contributed by atoms with E-state index in [1.165, 1.54) is 4.90 Å². The van der Waals surface area contributed by atoms with E-state index in [1.807, 2.05) is 20.8 Å². The summed E-state index contributed by atoms with van der Waals surface area (Å²) in [4.78, 5) is 22.7. The summed E-state index contributed by atoms with van der Waals surface area (Å²) < 4.78 is 0. The highest BCUT2D eigenvalue weighted by molar-refractivity contribution is 6.34. The van der Waals surface area contributed by atoms with Gasteiger partial charge < -0.3 is 10.6 Å². The van der Waals surface area contributed by atoms with Crippen LogP contribution in [0.5, 0.6) is 0 Å². The van der Waals surface area contributed by atoms with Crippen molar-refractivity contribution in [1.29, 1.82) is 0 Å². The van der Waals surface area contributed by atoms with Crippen molar-refractivity contribution >= 4 is 11.8 Å². The molecule has 0 fully saturated rings. The Morgan fingerprint density at radius 3 is 1.73 bits per heavy atom. The molecule has 0 aromatic rings. The molecule has 2 amide bonds. The summed E-state index contributed by atoms with van der Waals surface area (Å²) in [7, 11) is 1.55. The fourth-order valence-corrected chi connectivity index (χ4v) is 0.470. The van der Waals surface area contributed by atoms with Crippen molar-refractivity contribution in [1.82, 2.24) is 4.90 Å². The highest BCUT2D eigenvalue weighted by atomic mass is 16.2. The Balaban J connectivity index is 4.38. The molecule has 11 heavy (non-hydrogen) atoms. The predicted octanol–water partition coefficient (Wildman–Crippen LogP) is -0.271. The molecule has 0 bridgehead atoms. The van der Waals surface area contributed by atoms with Crippen molar-refractivity contribution in [3.8, 4) is 0 Å². The molecule has 0 atom stereocenters. The van der Waals surface area contributed by atoms with Crippen LogP contribution < -0.4 is 5.73 Å². The Kier molecular flexibility index (Phi) is 2.62. The topological polar surface area (TPSA) is 63.4 Å². The minimum atomic E-state index is -0.914. The van der Waals surface area contributed by atoms with Gasteiger partial charge in [0.15, 0.2) is 0 Å². The number of nitrogens with zero attached hydrogens (tertiary/aromatic N) is 1. The van der Waals surface area contributed by atoms with E-state index in [2.05, 4.69) is 0 Å². The molecule has 0 saturated carbocycles. The first-order valence-corrected chi connectivity index (χ1v) is 3.34. The number of likely N-dealkylation sites (N-methyl/N-ethyl adjacent to an activating group) is 1. The number of amides is 2. The molecule has 0 spiro atoms. The second kappa shape index (κ2) is 2.90. The van der Waals surface area contributed by atoms with Crippen LogP contribution in [0.25, 0.3) is 0 Å². The molecule has 0 aliphatic carbocycles. The summed E-state index contributed by atoms with van der Waals surface area (Å²) in [5.74, 6) is -1.57. The number of hydrogen-bond donors (Lipinski definition) is 1. The Bertz CT molecular complexity index is 181. The van der Waals surface area contributed by atoms with Crippen molar-refractivity contribution in [2.24, 2.45) is 5.73 Å². The molecular formula is C7H14N2O2. The van der Waals surface area contributed by atoms with E-state index in [0.29, 0.717) is 0 Å². The number of primary amides is 1. The van der Waals surface area contributed by atoms with E-state index in [0.717, 1.165) is 0 Å². The van der Waals surface area contributed by atoms with E-state index >= 15 is 0 Å². The molecule has 0 unspecified atom stereocenters.